The molecule has 0 atom stereocenters. The lowest BCUT2D eigenvalue weighted by Gasteiger charge is -2.27. The van der Waals surface area contributed by atoms with Crippen LogP contribution in [0.25, 0.3) is 66.4 Å². The largest absolute Gasteiger partial charge is 0.455 e. The molecule has 0 aliphatic carbocycles. The van der Waals surface area contributed by atoms with Crippen LogP contribution in [-0.4, -0.2) is 0 Å². The minimum absolute atomic E-state index is 0.872. The Bertz CT molecular complexity index is 2570. The molecule has 1 heterocycles. The average Bonchev–Trinajstić information content (AvgIpc) is 3.60. The van der Waals surface area contributed by atoms with Gasteiger partial charge < -0.3 is 9.32 Å². The van der Waals surface area contributed by atoms with Gasteiger partial charge in [-0.25, -0.2) is 0 Å². The second kappa shape index (κ2) is 12.8. The molecule has 0 saturated heterocycles. The summed E-state index contributed by atoms with van der Waals surface area (Å²) in [6.45, 7) is 0. The molecular weight excluding hydrogens is 607 g/mol. The van der Waals surface area contributed by atoms with E-state index in [1.807, 2.05) is 6.07 Å². The molecule has 0 unspecified atom stereocenters. The van der Waals surface area contributed by atoms with E-state index in [0.29, 0.717) is 0 Å². The van der Waals surface area contributed by atoms with Gasteiger partial charge in [-0.15, -0.1) is 0 Å². The van der Waals surface area contributed by atoms with Gasteiger partial charge in [-0.05, 0) is 81.4 Å². The molecule has 9 rings (SSSR count). The molecule has 8 aromatic carbocycles. The van der Waals surface area contributed by atoms with Crippen molar-refractivity contribution in [3.63, 3.8) is 0 Å². The van der Waals surface area contributed by atoms with Crippen LogP contribution in [0, 0.1) is 0 Å². The maximum atomic E-state index is 6.71. The molecule has 0 spiro atoms. The van der Waals surface area contributed by atoms with Crippen LogP contribution < -0.4 is 4.90 Å². The molecule has 0 aliphatic heterocycles. The molecule has 2 nitrogen and oxygen atoms in total. The summed E-state index contributed by atoms with van der Waals surface area (Å²) in [7, 11) is 0. The molecule has 0 aliphatic rings. The summed E-state index contributed by atoms with van der Waals surface area (Å²) in [5, 5.41) is 2.18. The minimum Gasteiger partial charge on any atom is -0.455 e. The fourth-order valence-electron chi connectivity index (χ4n) is 7.12. The fourth-order valence-corrected chi connectivity index (χ4v) is 7.12. The Kier molecular flexibility index (Phi) is 7.53. The zero-order valence-corrected chi connectivity index (χ0v) is 27.4. The zero-order chi connectivity index (χ0) is 33.3. The number of benzene rings is 8. The highest BCUT2D eigenvalue weighted by Crippen LogP contribution is 2.47. The van der Waals surface area contributed by atoms with Crippen molar-refractivity contribution < 1.29 is 4.42 Å². The molecule has 0 N–H and O–H groups in total. The van der Waals surface area contributed by atoms with Crippen molar-refractivity contribution in [2.75, 3.05) is 4.90 Å². The number of hydrogen-bond donors (Lipinski definition) is 0. The Morgan fingerprint density at radius 2 is 0.880 bits per heavy atom. The quantitative estimate of drug-likeness (QED) is 0.173. The van der Waals surface area contributed by atoms with Gasteiger partial charge in [0.05, 0.1) is 11.1 Å². The Hall–Kier alpha value is -6.64. The topological polar surface area (TPSA) is 16.4 Å². The maximum Gasteiger partial charge on any atom is 0.145 e. The summed E-state index contributed by atoms with van der Waals surface area (Å²) in [6, 6.07) is 71.0. The summed E-state index contributed by atoms with van der Waals surface area (Å²) < 4.78 is 6.71. The molecule has 0 amide bonds. The van der Waals surface area contributed by atoms with Gasteiger partial charge >= 0.3 is 0 Å². The number of rotatable bonds is 7. The smallest absolute Gasteiger partial charge is 0.145 e. The number of furan rings is 1. The van der Waals surface area contributed by atoms with Crippen molar-refractivity contribution in [2.24, 2.45) is 0 Å². The highest BCUT2D eigenvalue weighted by atomic mass is 16.3. The molecule has 0 bridgehead atoms. The molecule has 1 aromatic heterocycles. The van der Waals surface area contributed by atoms with E-state index < -0.39 is 0 Å². The van der Waals surface area contributed by atoms with Gasteiger partial charge in [-0.2, -0.15) is 0 Å². The highest BCUT2D eigenvalue weighted by Gasteiger charge is 2.22. The van der Waals surface area contributed by atoms with Gasteiger partial charge in [-0.3, -0.25) is 0 Å². The van der Waals surface area contributed by atoms with Crippen molar-refractivity contribution in [1.82, 2.24) is 0 Å². The second-order valence-corrected chi connectivity index (χ2v) is 12.5. The number of nitrogens with zero attached hydrogens (tertiary/aromatic N) is 1. The van der Waals surface area contributed by atoms with Crippen molar-refractivity contribution in [1.29, 1.82) is 0 Å². The normalized spacial score (nSPS) is 11.2. The van der Waals surface area contributed by atoms with Crippen molar-refractivity contribution in [3.8, 4) is 44.5 Å². The van der Waals surface area contributed by atoms with Crippen LogP contribution in [0.5, 0.6) is 0 Å². The number of anilines is 3. The van der Waals surface area contributed by atoms with Crippen LogP contribution in [0.4, 0.5) is 17.1 Å². The highest BCUT2D eigenvalue weighted by molar-refractivity contribution is 6.17. The van der Waals surface area contributed by atoms with E-state index in [0.717, 1.165) is 55.7 Å². The third kappa shape index (κ3) is 5.34. The van der Waals surface area contributed by atoms with Gasteiger partial charge in [0.15, 0.2) is 0 Å². The molecule has 0 radical (unpaired) electrons. The first kappa shape index (κ1) is 29.5. The lowest BCUT2D eigenvalue weighted by atomic mass is 9.94. The van der Waals surface area contributed by atoms with E-state index >= 15 is 0 Å². The van der Waals surface area contributed by atoms with Crippen LogP contribution >= 0.6 is 0 Å². The maximum absolute atomic E-state index is 6.71. The van der Waals surface area contributed by atoms with Gasteiger partial charge in [0, 0.05) is 22.3 Å². The predicted octanol–water partition coefficient (Wildman–Crippen LogP) is 13.7. The first-order valence-corrected chi connectivity index (χ1v) is 17.0. The van der Waals surface area contributed by atoms with Gasteiger partial charge in [0.1, 0.15) is 11.2 Å². The van der Waals surface area contributed by atoms with Crippen LogP contribution in [0.1, 0.15) is 0 Å². The van der Waals surface area contributed by atoms with Crippen LogP contribution in [0.3, 0.4) is 0 Å². The van der Waals surface area contributed by atoms with Gasteiger partial charge in [-0.1, -0.05) is 158 Å². The van der Waals surface area contributed by atoms with E-state index in [2.05, 4.69) is 199 Å². The van der Waals surface area contributed by atoms with E-state index in [1.54, 1.807) is 0 Å². The Balaban J connectivity index is 1.27. The van der Waals surface area contributed by atoms with Crippen molar-refractivity contribution in [3.05, 3.63) is 200 Å². The third-order valence-electron chi connectivity index (χ3n) is 9.49. The average molecular weight is 640 g/mol. The van der Waals surface area contributed by atoms with E-state index in [-0.39, 0.29) is 0 Å². The first-order valence-electron chi connectivity index (χ1n) is 17.0. The summed E-state index contributed by atoms with van der Waals surface area (Å²) in [5.41, 5.74) is 14.3. The SMILES string of the molecule is c1ccc(-c2ccc(N(c3cccc(-c4ccccc4-c4ccccc4)c3)c3ccc(-c4ccccc4)c4oc5ccccc5c34)cc2)cc1. The Labute approximate surface area is 292 Å². The minimum atomic E-state index is 0.872. The summed E-state index contributed by atoms with van der Waals surface area (Å²) in [6.07, 6.45) is 0. The standard InChI is InChI=1S/C48H33NO/c1-4-15-34(16-5-1)35-27-29-39(30-28-35)49(40-22-14-21-38(33-40)42-24-11-10-23-41(42)36-17-6-2-7-18-36)45-32-31-43(37-19-8-3-9-20-37)48-47(45)44-25-12-13-26-46(44)50-48/h1-33H. The lowest BCUT2D eigenvalue weighted by Crippen LogP contribution is -2.10. The van der Waals surface area contributed by atoms with Gasteiger partial charge in [0.25, 0.3) is 0 Å². The molecular formula is C48H33NO. The number of hydrogen-bond acceptors (Lipinski definition) is 2. The molecule has 9 aromatic rings. The van der Waals surface area contributed by atoms with Crippen LogP contribution in [-0.2, 0) is 0 Å². The van der Waals surface area contributed by atoms with Crippen LogP contribution in [0.15, 0.2) is 205 Å². The molecule has 0 fully saturated rings. The third-order valence-corrected chi connectivity index (χ3v) is 9.49. The molecule has 50 heavy (non-hydrogen) atoms. The summed E-state index contributed by atoms with van der Waals surface area (Å²) in [4.78, 5) is 2.38. The molecule has 236 valence electrons. The number of para-hydroxylation sites is 1. The molecule has 0 saturated carbocycles. The molecule has 2 heteroatoms. The monoisotopic (exact) mass is 639 g/mol. The second-order valence-electron chi connectivity index (χ2n) is 12.5. The first-order chi connectivity index (χ1) is 24.8. The van der Waals surface area contributed by atoms with E-state index in [9.17, 15) is 0 Å². The van der Waals surface area contributed by atoms with Crippen LogP contribution in [0.2, 0.25) is 0 Å². The number of fused-ring (bicyclic) bond motifs is 3. The van der Waals surface area contributed by atoms with Crippen molar-refractivity contribution in [2.45, 2.75) is 0 Å². The summed E-state index contributed by atoms with van der Waals surface area (Å²) >= 11 is 0. The van der Waals surface area contributed by atoms with E-state index in [4.69, 9.17) is 4.42 Å². The predicted molar refractivity (Wildman–Crippen MR) is 210 cm³/mol. The Morgan fingerprint density at radius 1 is 0.340 bits per heavy atom. The van der Waals surface area contributed by atoms with Gasteiger partial charge in [0.2, 0.25) is 0 Å². The fraction of sp³-hybridized carbons (Fsp3) is 0. The van der Waals surface area contributed by atoms with E-state index in [1.165, 1.54) is 27.8 Å². The lowest BCUT2D eigenvalue weighted by molar-refractivity contribution is 0.670. The zero-order valence-electron chi connectivity index (χ0n) is 27.4. The van der Waals surface area contributed by atoms with Crippen molar-refractivity contribution >= 4 is 39.0 Å². The summed E-state index contributed by atoms with van der Waals surface area (Å²) in [5.74, 6) is 0. The Morgan fingerprint density at radius 3 is 1.58 bits per heavy atom.